The normalized spacial score (nSPS) is 20.6. The largest absolute Gasteiger partial charge is 0.457 e. The molecule has 2 N–H and O–H groups in total. The summed E-state index contributed by atoms with van der Waals surface area (Å²) in [6.07, 6.45) is 0. The number of ether oxygens (including phenoxy) is 1. The van der Waals surface area contributed by atoms with Crippen molar-refractivity contribution in [1.29, 1.82) is 0 Å². The number of nitrogens with one attached hydrogen (secondary N) is 1. The van der Waals surface area contributed by atoms with Gasteiger partial charge in [0.25, 0.3) is 5.91 Å². The van der Waals surface area contributed by atoms with Crippen LogP contribution in [0.2, 0.25) is 0 Å². The number of nitrogens with zero attached hydrogens (tertiary/aromatic N) is 1. The molecule has 24 heavy (non-hydrogen) atoms. The van der Waals surface area contributed by atoms with Gasteiger partial charge in [-0.3, -0.25) is 18.9 Å². The van der Waals surface area contributed by atoms with Crippen molar-refractivity contribution in [3.05, 3.63) is 24.3 Å². The minimum absolute atomic E-state index is 0.166. The monoisotopic (exact) mass is 374 g/mol. The Hall–Kier alpha value is -2.11. The first-order valence-corrected chi connectivity index (χ1v) is 8.90. The molecule has 0 saturated carbocycles. The van der Waals surface area contributed by atoms with Crippen LogP contribution in [0.25, 0.3) is 0 Å². The van der Waals surface area contributed by atoms with Gasteiger partial charge in [-0.1, -0.05) is 17.8 Å². The van der Waals surface area contributed by atoms with Crippen LogP contribution in [0, 0.1) is 0 Å². The minimum Gasteiger partial charge on any atom is -0.457 e. The molecule has 4 rings (SSSR count). The fraction of sp³-hybridized carbons (Fsp3) is 0.308. The van der Waals surface area contributed by atoms with E-state index < -0.39 is 38.6 Å². The van der Waals surface area contributed by atoms with E-state index in [9.17, 15) is 22.8 Å². The summed E-state index contributed by atoms with van der Waals surface area (Å²) in [5.41, 5.74) is 0. The summed E-state index contributed by atoms with van der Waals surface area (Å²) in [6, 6.07) is 6.73. The predicted molar refractivity (Wildman–Crippen MR) is 84.6 cm³/mol. The van der Waals surface area contributed by atoms with Gasteiger partial charge in [0.05, 0.1) is 0 Å². The van der Waals surface area contributed by atoms with Crippen LogP contribution in [-0.4, -0.2) is 45.6 Å². The number of fused-ring (bicyclic) bond motifs is 2. The van der Waals surface area contributed by atoms with E-state index in [4.69, 9.17) is 9.29 Å². The van der Waals surface area contributed by atoms with Crippen LogP contribution < -0.4 is 10.1 Å². The maximum atomic E-state index is 11.4. The first-order chi connectivity index (χ1) is 11.1. The molecule has 3 aliphatic heterocycles. The summed E-state index contributed by atoms with van der Waals surface area (Å²) >= 11 is 0.542. The van der Waals surface area contributed by atoms with Gasteiger partial charge in [-0.25, -0.2) is 0 Å². The van der Waals surface area contributed by atoms with Gasteiger partial charge in [-0.2, -0.15) is 12.7 Å². The summed E-state index contributed by atoms with van der Waals surface area (Å²) in [5.74, 6) is 0.462. The lowest BCUT2D eigenvalue weighted by Crippen LogP contribution is -2.70. The number of carbonyl (C=O) groups is 3. The molecule has 1 aromatic rings. The van der Waals surface area contributed by atoms with E-state index in [1.807, 2.05) is 24.3 Å². The molecule has 2 amide bonds. The Labute approximate surface area is 142 Å². The number of benzene rings is 1. The molecule has 0 spiro atoms. The lowest BCUT2D eigenvalue weighted by molar-refractivity contribution is -0.141. The fourth-order valence-electron chi connectivity index (χ4n) is 2.00. The molecular formula is C13H14N2O7S2. The predicted octanol–water partition coefficient (Wildman–Crippen LogP) is 0.534. The Morgan fingerprint density at radius 1 is 1.29 bits per heavy atom. The molecule has 1 fully saturated rings. The van der Waals surface area contributed by atoms with Gasteiger partial charge in [0.2, 0.25) is 5.91 Å². The van der Waals surface area contributed by atoms with Gasteiger partial charge in [-0.05, 0) is 12.1 Å². The first-order valence-electron chi connectivity index (χ1n) is 6.62. The van der Waals surface area contributed by atoms with E-state index in [0.717, 1.165) is 18.4 Å². The van der Waals surface area contributed by atoms with E-state index in [1.165, 1.54) is 6.92 Å². The van der Waals surface area contributed by atoms with Crippen molar-refractivity contribution < 1.29 is 32.1 Å². The van der Waals surface area contributed by atoms with Crippen LogP contribution in [0.5, 0.6) is 11.5 Å². The highest BCUT2D eigenvalue weighted by molar-refractivity contribution is 8.14. The summed E-state index contributed by atoms with van der Waals surface area (Å²) in [6.45, 7) is 2.33. The number of β-lactam (4-membered cyclic amide) rings is 1. The first kappa shape index (κ1) is 18.2. The molecule has 2 atom stereocenters. The Bertz CT molecular complexity index is 769. The maximum Gasteiger partial charge on any atom is 0.363 e. The van der Waals surface area contributed by atoms with Crippen molar-refractivity contribution in [2.24, 2.45) is 0 Å². The van der Waals surface area contributed by atoms with Crippen LogP contribution >= 0.6 is 11.8 Å². The zero-order valence-electron chi connectivity index (χ0n) is 12.6. The van der Waals surface area contributed by atoms with Crippen molar-refractivity contribution >= 4 is 39.0 Å². The molecule has 3 aliphatic rings. The van der Waals surface area contributed by atoms with Gasteiger partial charge < -0.3 is 10.1 Å². The summed E-state index contributed by atoms with van der Waals surface area (Å²) in [5, 5.41) is 0.629. The Balaban J connectivity index is 0.000000242. The minimum atomic E-state index is -4.72. The van der Waals surface area contributed by atoms with Gasteiger partial charge in [0.15, 0.2) is 5.12 Å². The second-order valence-electron chi connectivity index (χ2n) is 4.87. The lowest BCUT2D eigenvalue weighted by atomic mass is 10.1. The van der Waals surface area contributed by atoms with Crippen LogP contribution in [0.4, 0.5) is 0 Å². The molecule has 0 aromatic heterocycles. The van der Waals surface area contributed by atoms with E-state index in [2.05, 4.69) is 5.32 Å². The third-order valence-corrected chi connectivity index (χ3v) is 5.03. The molecule has 11 heteroatoms. The summed E-state index contributed by atoms with van der Waals surface area (Å²) in [4.78, 5) is 33.1. The second-order valence-corrected chi connectivity index (χ2v) is 7.45. The van der Waals surface area contributed by atoms with Crippen molar-refractivity contribution in [2.45, 2.75) is 25.3 Å². The fourth-order valence-corrected chi connectivity index (χ4v) is 4.04. The molecule has 130 valence electrons. The van der Waals surface area contributed by atoms with Crippen LogP contribution in [0.3, 0.4) is 0 Å². The number of carbonyl (C=O) groups excluding carboxylic acids is 3. The molecule has 2 bridgehead atoms. The smallest absolute Gasteiger partial charge is 0.363 e. The number of hydrogen-bond donors (Lipinski definition) is 2. The second kappa shape index (κ2) is 6.79. The van der Waals surface area contributed by atoms with Crippen LogP contribution in [-0.2, 0) is 24.7 Å². The summed E-state index contributed by atoms with van der Waals surface area (Å²) in [7, 11) is -4.72. The van der Waals surface area contributed by atoms with E-state index in [1.54, 1.807) is 0 Å². The maximum absolute atomic E-state index is 11.4. The average Bonchev–Trinajstić information content (AvgIpc) is 2.43. The molecule has 0 radical (unpaired) electrons. The molecule has 0 aliphatic carbocycles. The highest BCUT2D eigenvalue weighted by atomic mass is 32.2. The van der Waals surface area contributed by atoms with Crippen molar-refractivity contribution in [3.8, 4) is 11.5 Å². The Kier molecular flexibility index (Phi) is 5.16. The quantitative estimate of drug-likeness (QED) is 0.588. The van der Waals surface area contributed by atoms with Gasteiger partial charge in [0.1, 0.15) is 22.9 Å². The highest BCUT2D eigenvalue weighted by Crippen LogP contribution is 2.33. The lowest BCUT2D eigenvalue weighted by Gasteiger charge is -2.42. The zero-order valence-corrected chi connectivity index (χ0v) is 14.3. The average molecular weight is 374 g/mol. The molecular weight excluding hydrogens is 360 g/mol. The van der Waals surface area contributed by atoms with Gasteiger partial charge in [0, 0.05) is 19.9 Å². The standard InChI is InChI=1S/C7H10N2O6S2.C6H4O/c1-3(10)8-5-6(12)9(17(13,14)15)7(5)16-4(2)11;1-2-5-4-6(3-1)7-5/h5,7H,1-2H3,(H,8,10)(H,13,14,15);1-4H/t5-,7-;/m1./s1. The molecule has 1 saturated heterocycles. The van der Waals surface area contributed by atoms with Crippen LogP contribution in [0.1, 0.15) is 13.8 Å². The Morgan fingerprint density at radius 2 is 1.83 bits per heavy atom. The third kappa shape index (κ3) is 4.04. The number of amides is 2. The van der Waals surface area contributed by atoms with Crippen LogP contribution in [0.15, 0.2) is 24.3 Å². The number of rotatable bonds is 3. The number of hydrogen-bond acceptors (Lipinski definition) is 7. The highest BCUT2D eigenvalue weighted by Gasteiger charge is 2.54. The molecule has 1 aromatic carbocycles. The molecule has 3 heterocycles. The molecule has 0 unspecified atom stereocenters. The van der Waals surface area contributed by atoms with E-state index in [0.29, 0.717) is 11.8 Å². The summed E-state index contributed by atoms with van der Waals surface area (Å²) < 4.78 is 35.7. The van der Waals surface area contributed by atoms with Gasteiger partial charge in [-0.15, -0.1) is 0 Å². The van der Waals surface area contributed by atoms with E-state index >= 15 is 0 Å². The zero-order chi connectivity index (χ0) is 18.1. The number of thioether (sulfide) groups is 1. The van der Waals surface area contributed by atoms with Crippen molar-refractivity contribution in [3.63, 3.8) is 0 Å². The Morgan fingerprint density at radius 3 is 2.12 bits per heavy atom. The van der Waals surface area contributed by atoms with Gasteiger partial charge >= 0.3 is 10.3 Å². The van der Waals surface area contributed by atoms with E-state index in [-0.39, 0.29) is 4.31 Å². The van der Waals surface area contributed by atoms with Crippen molar-refractivity contribution in [2.75, 3.05) is 0 Å². The van der Waals surface area contributed by atoms with Crippen molar-refractivity contribution in [1.82, 2.24) is 9.62 Å². The SMILES string of the molecule is CC(=O)N[C@@H]1C(=O)N(S(=O)(=O)O)[C@@H]1SC(C)=O.c1cc2cc(c1)O2. The topological polar surface area (TPSA) is 130 Å². The third-order valence-electron chi connectivity index (χ3n) is 2.93. The molecule has 9 nitrogen and oxygen atoms in total.